The summed E-state index contributed by atoms with van der Waals surface area (Å²) in [5.41, 5.74) is -0.108. The second-order valence-corrected chi connectivity index (χ2v) is 3.82. The van der Waals surface area contributed by atoms with E-state index in [4.69, 9.17) is 19.5 Å². The van der Waals surface area contributed by atoms with Crippen LogP contribution >= 0.6 is 0 Å². The number of rotatable bonds is 4. The lowest BCUT2D eigenvalue weighted by Crippen LogP contribution is -2.22. The van der Waals surface area contributed by atoms with Crippen molar-refractivity contribution >= 4 is 5.97 Å². The molecule has 1 aliphatic rings. The van der Waals surface area contributed by atoms with Crippen molar-refractivity contribution in [3.63, 3.8) is 0 Å². The number of nitrogens with zero attached hydrogens (tertiary/aromatic N) is 1. The van der Waals surface area contributed by atoms with E-state index in [0.717, 1.165) is 25.9 Å². The number of nitriles is 1. The number of hydrogen-bond donors (Lipinski definition) is 0. The Morgan fingerprint density at radius 2 is 2.37 bits per heavy atom. The van der Waals surface area contributed by atoms with Crippen molar-refractivity contribution in [3.05, 3.63) is 11.6 Å². The lowest BCUT2D eigenvalue weighted by molar-refractivity contribution is -0.154. The minimum atomic E-state index is -0.657. The van der Waals surface area contributed by atoms with Crippen LogP contribution in [0.2, 0.25) is 0 Å². The van der Waals surface area contributed by atoms with Crippen LogP contribution in [0.1, 0.15) is 26.2 Å². The minimum Gasteiger partial charge on any atom is -0.462 e. The van der Waals surface area contributed by atoms with E-state index < -0.39 is 5.97 Å². The Kier molecular flexibility index (Phi) is 7.34. The van der Waals surface area contributed by atoms with Crippen LogP contribution in [0.15, 0.2) is 11.6 Å². The smallest absolute Gasteiger partial charge is 0.349 e. The monoisotopic (exact) mass is 263 g/mol. The van der Waals surface area contributed by atoms with Gasteiger partial charge in [-0.25, -0.2) is 4.79 Å². The van der Waals surface area contributed by atoms with Gasteiger partial charge in [0.25, 0.3) is 0 Å². The molecule has 1 unspecified atom stereocenters. The molecule has 1 fully saturated rings. The molecule has 19 heavy (non-hydrogen) atoms. The first-order valence-corrected chi connectivity index (χ1v) is 6.27. The highest BCUT2D eigenvalue weighted by Crippen LogP contribution is 2.12. The first-order valence-electron chi connectivity index (χ1n) is 6.27. The van der Waals surface area contributed by atoms with Gasteiger partial charge in [-0.1, -0.05) is 11.8 Å². The Hall–Kier alpha value is -1.82. The third-order valence-electron chi connectivity index (χ3n) is 2.41. The summed E-state index contributed by atoms with van der Waals surface area (Å²) in [6.45, 7) is 2.84. The van der Waals surface area contributed by atoms with E-state index >= 15 is 0 Å². The fourth-order valence-electron chi connectivity index (χ4n) is 1.49. The first-order chi connectivity index (χ1) is 9.27. The van der Waals surface area contributed by atoms with Gasteiger partial charge < -0.3 is 14.2 Å². The zero-order valence-corrected chi connectivity index (χ0v) is 11.0. The van der Waals surface area contributed by atoms with Gasteiger partial charge in [-0.2, -0.15) is 5.26 Å². The zero-order chi connectivity index (χ0) is 13.9. The molecule has 0 aromatic heterocycles. The van der Waals surface area contributed by atoms with Crippen molar-refractivity contribution in [3.8, 4) is 17.9 Å². The second-order valence-electron chi connectivity index (χ2n) is 3.82. The molecular formula is C14H17NO4. The van der Waals surface area contributed by atoms with Crippen LogP contribution < -0.4 is 0 Å². The quantitative estimate of drug-likeness (QED) is 0.333. The van der Waals surface area contributed by atoms with Gasteiger partial charge in [-0.15, -0.1) is 0 Å². The summed E-state index contributed by atoms with van der Waals surface area (Å²) in [4.78, 5) is 11.3. The lowest BCUT2D eigenvalue weighted by Gasteiger charge is -2.21. The molecule has 5 nitrogen and oxygen atoms in total. The maximum absolute atomic E-state index is 11.3. The van der Waals surface area contributed by atoms with Crippen LogP contribution in [0.25, 0.3) is 0 Å². The molecule has 1 heterocycles. The van der Waals surface area contributed by atoms with E-state index in [2.05, 4.69) is 11.8 Å². The Morgan fingerprint density at radius 3 is 3.00 bits per heavy atom. The highest BCUT2D eigenvalue weighted by atomic mass is 16.7. The van der Waals surface area contributed by atoms with Crippen molar-refractivity contribution in [2.45, 2.75) is 32.5 Å². The molecular weight excluding hydrogens is 246 g/mol. The number of allylic oxidation sites excluding steroid dienone is 1. The summed E-state index contributed by atoms with van der Waals surface area (Å²) in [6.07, 6.45) is 4.10. The van der Waals surface area contributed by atoms with Crippen molar-refractivity contribution in [1.29, 1.82) is 5.26 Å². The van der Waals surface area contributed by atoms with Gasteiger partial charge in [0.05, 0.1) is 6.61 Å². The van der Waals surface area contributed by atoms with Crippen LogP contribution in [-0.4, -0.2) is 32.1 Å². The molecule has 0 amide bonds. The molecule has 0 N–H and O–H groups in total. The van der Waals surface area contributed by atoms with Gasteiger partial charge >= 0.3 is 5.97 Å². The molecule has 5 heteroatoms. The second kappa shape index (κ2) is 9.16. The molecule has 1 aliphatic heterocycles. The third-order valence-corrected chi connectivity index (χ3v) is 2.41. The predicted octanol–water partition coefficient (Wildman–Crippen LogP) is 1.55. The summed E-state index contributed by atoms with van der Waals surface area (Å²) in [6, 6.07) is 1.75. The molecule has 1 atom stereocenters. The summed E-state index contributed by atoms with van der Waals surface area (Å²) in [5, 5.41) is 8.75. The maximum Gasteiger partial charge on any atom is 0.349 e. The van der Waals surface area contributed by atoms with E-state index in [9.17, 15) is 4.79 Å². The molecule has 0 aromatic carbocycles. The van der Waals surface area contributed by atoms with Crippen LogP contribution in [0.5, 0.6) is 0 Å². The van der Waals surface area contributed by atoms with Crippen molar-refractivity contribution < 1.29 is 19.0 Å². The molecule has 0 bridgehead atoms. The van der Waals surface area contributed by atoms with Gasteiger partial charge in [0.15, 0.2) is 6.29 Å². The number of hydrogen-bond acceptors (Lipinski definition) is 5. The SMILES string of the molecule is CCOC(=O)C(C#N)=CC#CCOC1CCCCO1. The number of carbonyl (C=O) groups excluding carboxylic acids is 1. The number of esters is 1. The summed E-state index contributed by atoms with van der Waals surface area (Å²) >= 11 is 0. The first kappa shape index (κ1) is 15.2. The fourth-order valence-corrected chi connectivity index (χ4v) is 1.49. The van der Waals surface area contributed by atoms with Crippen LogP contribution in [-0.2, 0) is 19.0 Å². The Morgan fingerprint density at radius 1 is 1.53 bits per heavy atom. The Labute approximate surface area is 113 Å². The predicted molar refractivity (Wildman–Crippen MR) is 67.6 cm³/mol. The van der Waals surface area contributed by atoms with E-state index in [1.54, 1.807) is 13.0 Å². The Balaban J connectivity index is 2.35. The zero-order valence-electron chi connectivity index (χ0n) is 11.0. The van der Waals surface area contributed by atoms with E-state index in [-0.39, 0.29) is 25.1 Å². The molecule has 102 valence electrons. The summed E-state index contributed by atoms with van der Waals surface area (Å²) in [7, 11) is 0. The largest absolute Gasteiger partial charge is 0.462 e. The molecule has 1 saturated heterocycles. The van der Waals surface area contributed by atoms with Gasteiger partial charge in [0.1, 0.15) is 18.2 Å². The average molecular weight is 263 g/mol. The summed E-state index contributed by atoms with van der Waals surface area (Å²) < 4.78 is 15.4. The standard InChI is InChI=1S/C14H17NO4/c1-2-17-14(16)12(11-15)7-3-5-9-18-13-8-4-6-10-19-13/h7,13H,2,4,6,8-10H2,1H3. The summed E-state index contributed by atoms with van der Waals surface area (Å²) in [5.74, 6) is 4.65. The maximum atomic E-state index is 11.3. The van der Waals surface area contributed by atoms with Crippen molar-refractivity contribution in [2.24, 2.45) is 0 Å². The highest BCUT2D eigenvalue weighted by molar-refractivity contribution is 5.93. The third kappa shape index (κ3) is 6.05. The van der Waals surface area contributed by atoms with Gasteiger partial charge in [-0.3, -0.25) is 0 Å². The van der Waals surface area contributed by atoms with Gasteiger partial charge in [-0.05, 0) is 26.2 Å². The molecule has 0 aliphatic carbocycles. The van der Waals surface area contributed by atoms with Crippen LogP contribution in [0, 0.1) is 23.2 Å². The molecule has 1 rings (SSSR count). The molecule has 0 spiro atoms. The van der Waals surface area contributed by atoms with E-state index in [0.29, 0.717) is 0 Å². The Bertz CT molecular complexity index is 419. The average Bonchev–Trinajstić information content (AvgIpc) is 2.44. The molecule has 0 aromatic rings. The highest BCUT2D eigenvalue weighted by Gasteiger charge is 2.12. The van der Waals surface area contributed by atoms with E-state index in [1.807, 2.05) is 0 Å². The van der Waals surface area contributed by atoms with E-state index in [1.165, 1.54) is 6.08 Å². The normalized spacial score (nSPS) is 18.9. The number of carbonyl (C=O) groups is 1. The van der Waals surface area contributed by atoms with Gasteiger partial charge in [0, 0.05) is 12.7 Å². The van der Waals surface area contributed by atoms with Crippen LogP contribution in [0.4, 0.5) is 0 Å². The number of ether oxygens (including phenoxy) is 3. The van der Waals surface area contributed by atoms with Crippen molar-refractivity contribution in [2.75, 3.05) is 19.8 Å². The van der Waals surface area contributed by atoms with Crippen LogP contribution in [0.3, 0.4) is 0 Å². The lowest BCUT2D eigenvalue weighted by atomic mass is 10.2. The van der Waals surface area contributed by atoms with Gasteiger partial charge in [0.2, 0.25) is 0 Å². The van der Waals surface area contributed by atoms with Crippen molar-refractivity contribution in [1.82, 2.24) is 0 Å². The molecule has 0 radical (unpaired) electrons. The topological polar surface area (TPSA) is 68.6 Å². The minimum absolute atomic E-state index is 0.108. The fraction of sp³-hybridized carbons (Fsp3) is 0.571. The molecule has 0 saturated carbocycles.